The van der Waals surface area contributed by atoms with Gasteiger partial charge in [-0.05, 0) is 12.1 Å². The van der Waals surface area contributed by atoms with Crippen LogP contribution in [0.1, 0.15) is 10.4 Å². The molecule has 2 aromatic rings. The van der Waals surface area contributed by atoms with Gasteiger partial charge < -0.3 is 24.6 Å². The highest BCUT2D eigenvalue weighted by molar-refractivity contribution is 5.93. The smallest absolute Gasteiger partial charge is 0.257 e. The Kier molecular flexibility index (Phi) is 6.43. The van der Waals surface area contributed by atoms with Crippen LogP contribution >= 0.6 is 0 Å². The summed E-state index contributed by atoms with van der Waals surface area (Å²) in [5, 5.41) is 3.04. The van der Waals surface area contributed by atoms with Gasteiger partial charge in [0.05, 0.1) is 25.0 Å². The molecule has 1 amide bonds. The molecule has 0 saturated carbocycles. The number of carbonyl (C=O) groups excluding carboxylic acids is 1. The van der Waals surface area contributed by atoms with Gasteiger partial charge in [0.1, 0.15) is 5.75 Å². The van der Waals surface area contributed by atoms with E-state index < -0.39 is 0 Å². The summed E-state index contributed by atoms with van der Waals surface area (Å²) < 4.78 is 10.4. The summed E-state index contributed by atoms with van der Waals surface area (Å²) in [7, 11) is 3.31. The van der Waals surface area contributed by atoms with Gasteiger partial charge >= 0.3 is 0 Å². The van der Waals surface area contributed by atoms with Crippen LogP contribution in [0.4, 0.5) is 11.6 Å². The van der Waals surface area contributed by atoms with Crippen LogP contribution in [0.5, 0.6) is 5.75 Å². The van der Waals surface area contributed by atoms with Gasteiger partial charge in [0, 0.05) is 52.2 Å². The first-order valence-corrected chi connectivity index (χ1v) is 8.95. The van der Waals surface area contributed by atoms with Crippen molar-refractivity contribution in [3.05, 3.63) is 42.2 Å². The highest BCUT2D eigenvalue weighted by atomic mass is 16.5. The normalized spacial score (nSPS) is 14.1. The molecule has 0 radical (unpaired) electrons. The Morgan fingerprint density at radius 2 is 1.81 bits per heavy atom. The number of hydrogen-bond donors (Lipinski definition) is 1. The van der Waals surface area contributed by atoms with Gasteiger partial charge in [0.2, 0.25) is 5.95 Å². The van der Waals surface area contributed by atoms with Crippen LogP contribution in [0.3, 0.4) is 0 Å². The SMILES string of the molecule is COCCNc1ncc(C(=O)N2CCN(c3ccccc3OC)CC2)cn1. The largest absolute Gasteiger partial charge is 0.495 e. The van der Waals surface area contributed by atoms with E-state index in [4.69, 9.17) is 9.47 Å². The zero-order valence-corrected chi connectivity index (χ0v) is 15.7. The number of benzene rings is 1. The first-order valence-electron chi connectivity index (χ1n) is 8.95. The van der Waals surface area contributed by atoms with E-state index in [9.17, 15) is 4.79 Å². The Bertz CT molecular complexity index is 745. The average molecular weight is 371 g/mol. The predicted octanol–water partition coefficient (Wildman–Crippen LogP) is 1.51. The molecule has 27 heavy (non-hydrogen) atoms. The summed E-state index contributed by atoms with van der Waals surface area (Å²) in [5.74, 6) is 1.30. The van der Waals surface area contributed by atoms with Crippen LogP contribution < -0.4 is 15.0 Å². The lowest BCUT2D eigenvalue weighted by Crippen LogP contribution is -2.48. The molecular formula is C19H25N5O3. The van der Waals surface area contributed by atoms with Crippen LogP contribution in [0.15, 0.2) is 36.7 Å². The van der Waals surface area contributed by atoms with Crippen molar-refractivity contribution in [2.45, 2.75) is 0 Å². The minimum absolute atomic E-state index is 0.0434. The number of methoxy groups -OCH3 is 2. The van der Waals surface area contributed by atoms with Crippen LogP contribution in [0, 0.1) is 0 Å². The lowest BCUT2D eigenvalue weighted by Gasteiger charge is -2.36. The number of para-hydroxylation sites is 2. The summed E-state index contributed by atoms with van der Waals surface area (Å²) in [5.41, 5.74) is 1.56. The number of rotatable bonds is 7. The van der Waals surface area contributed by atoms with E-state index in [0.717, 1.165) is 24.5 Å². The van der Waals surface area contributed by atoms with E-state index >= 15 is 0 Å². The number of nitrogens with zero attached hydrogens (tertiary/aromatic N) is 4. The molecule has 0 bridgehead atoms. The molecule has 0 spiro atoms. The molecule has 1 fully saturated rings. The topological polar surface area (TPSA) is 79.8 Å². The number of ether oxygens (including phenoxy) is 2. The van der Waals surface area contributed by atoms with E-state index in [1.54, 1.807) is 26.6 Å². The van der Waals surface area contributed by atoms with Crippen molar-refractivity contribution >= 4 is 17.5 Å². The molecular weight excluding hydrogens is 346 g/mol. The van der Waals surface area contributed by atoms with E-state index in [-0.39, 0.29) is 5.91 Å². The number of nitrogens with one attached hydrogen (secondary N) is 1. The first-order chi connectivity index (χ1) is 13.2. The predicted molar refractivity (Wildman–Crippen MR) is 104 cm³/mol. The number of anilines is 2. The number of aromatic nitrogens is 2. The van der Waals surface area contributed by atoms with Crippen LogP contribution in [-0.2, 0) is 4.74 Å². The zero-order chi connectivity index (χ0) is 19.1. The van der Waals surface area contributed by atoms with Crippen LogP contribution in [-0.4, -0.2) is 74.3 Å². The maximum absolute atomic E-state index is 12.7. The summed E-state index contributed by atoms with van der Waals surface area (Å²) in [6.07, 6.45) is 3.13. The van der Waals surface area contributed by atoms with Crippen molar-refractivity contribution in [2.24, 2.45) is 0 Å². The summed E-state index contributed by atoms with van der Waals surface area (Å²) in [4.78, 5) is 25.2. The molecule has 1 aliphatic heterocycles. The summed E-state index contributed by atoms with van der Waals surface area (Å²) in [6.45, 7) is 3.98. The Balaban J connectivity index is 1.56. The van der Waals surface area contributed by atoms with Gasteiger partial charge in [-0.2, -0.15) is 0 Å². The van der Waals surface area contributed by atoms with Gasteiger partial charge in [-0.1, -0.05) is 12.1 Å². The van der Waals surface area contributed by atoms with E-state index in [1.807, 2.05) is 29.2 Å². The molecule has 2 heterocycles. The van der Waals surface area contributed by atoms with E-state index in [1.165, 1.54) is 0 Å². The number of amides is 1. The van der Waals surface area contributed by atoms with Crippen LogP contribution in [0.2, 0.25) is 0 Å². The molecule has 8 nitrogen and oxygen atoms in total. The Hall–Kier alpha value is -2.87. The van der Waals surface area contributed by atoms with Gasteiger partial charge in [-0.3, -0.25) is 4.79 Å². The Morgan fingerprint density at radius 1 is 1.11 bits per heavy atom. The fraction of sp³-hybridized carbons (Fsp3) is 0.421. The maximum Gasteiger partial charge on any atom is 0.257 e. The van der Waals surface area contributed by atoms with Crippen molar-refractivity contribution in [3.8, 4) is 5.75 Å². The van der Waals surface area contributed by atoms with Gasteiger partial charge in [-0.15, -0.1) is 0 Å². The molecule has 1 aromatic carbocycles. The third-order valence-corrected chi connectivity index (χ3v) is 4.48. The second kappa shape index (κ2) is 9.18. The van der Waals surface area contributed by atoms with Gasteiger partial charge in [0.25, 0.3) is 5.91 Å². The third-order valence-electron chi connectivity index (χ3n) is 4.48. The molecule has 1 saturated heterocycles. The molecule has 1 aromatic heterocycles. The Morgan fingerprint density at radius 3 is 2.48 bits per heavy atom. The molecule has 1 N–H and O–H groups in total. The summed E-state index contributed by atoms with van der Waals surface area (Å²) in [6, 6.07) is 7.94. The molecule has 3 rings (SSSR count). The van der Waals surface area contributed by atoms with Crippen molar-refractivity contribution in [2.75, 3.05) is 63.8 Å². The molecule has 0 unspecified atom stereocenters. The molecule has 1 aliphatic rings. The van der Waals surface area contributed by atoms with Crippen molar-refractivity contribution in [3.63, 3.8) is 0 Å². The van der Waals surface area contributed by atoms with Gasteiger partial charge in [-0.25, -0.2) is 9.97 Å². The maximum atomic E-state index is 12.7. The minimum Gasteiger partial charge on any atom is -0.495 e. The third kappa shape index (κ3) is 4.65. The Labute approximate surface area is 159 Å². The van der Waals surface area contributed by atoms with Crippen molar-refractivity contribution in [1.82, 2.24) is 14.9 Å². The number of hydrogen-bond acceptors (Lipinski definition) is 7. The zero-order valence-electron chi connectivity index (χ0n) is 15.7. The molecule has 0 atom stereocenters. The standard InChI is InChI=1S/C19H25N5O3/c1-26-12-7-20-19-21-13-15(14-22-19)18(25)24-10-8-23(9-11-24)16-5-3-4-6-17(16)27-2/h3-6,13-14H,7-12H2,1-2H3,(H,20,21,22). The fourth-order valence-electron chi connectivity index (χ4n) is 3.02. The lowest BCUT2D eigenvalue weighted by molar-refractivity contribution is 0.0746. The molecule has 0 aliphatic carbocycles. The number of carbonyl (C=O) groups is 1. The highest BCUT2D eigenvalue weighted by Gasteiger charge is 2.24. The number of piperazine rings is 1. The van der Waals surface area contributed by atoms with E-state index in [0.29, 0.717) is 37.8 Å². The monoisotopic (exact) mass is 371 g/mol. The van der Waals surface area contributed by atoms with Crippen molar-refractivity contribution in [1.29, 1.82) is 0 Å². The minimum atomic E-state index is -0.0434. The highest BCUT2D eigenvalue weighted by Crippen LogP contribution is 2.28. The van der Waals surface area contributed by atoms with E-state index in [2.05, 4.69) is 20.2 Å². The second-order valence-corrected chi connectivity index (χ2v) is 6.17. The first kappa shape index (κ1) is 18.9. The van der Waals surface area contributed by atoms with Crippen LogP contribution in [0.25, 0.3) is 0 Å². The quantitative estimate of drug-likeness (QED) is 0.739. The molecule has 144 valence electrons. The van der Waals surface area contributed by atoms with Gasteiger partial charge in [0.15, 0.2) is 0 Å². The second-order valence-electron chi connectivity index (χ2n) is 6.17. The van der Waals surface area contributed by atoms with Crippen molar-refractivity contribution < 1.29 is 14.3 Å². The summed E-state index contributed by atoms with van der Waals surface area (Å²) >= 11 is 0. The lowest BCUT2D eigenvalue weighted by atomic mass is 10.2. The fourth-order valence-corrected chi connectivity index (χ4v) is 3.02. The average Bonchev–Trinajstić information content (AvgIpc) is 2.74. The molecule has 8 heteroatoms.